The van der Waals surface area contributed by atoms with Crippen molar-refractivity contribution < 1.29 is 13.6 Å². The number of aliphatic imine (C=N–C) groups is 1. The highest BCUT2D eigenvalue weighted by atomic mass is 19.3. The van der Waals surface area contributed by atoms with Crippen molar-refractivity contribution >= 4 is 23.0 Å². The fourth-order valence-corrected chi connectivity index (χ4v) is 4.71. The van der Waals surface area contributed by atoms with E-state index >= 15 is 0 Å². The molecular weight excluding hydrogens is 476 g/mol. The van der Waals surface area contributed by atoms with Gasteiger partial charge >= 0.3 is 0 Å². The number of amides is 1. The number of fused-ring (bicyclic) bond motifs is 2. The van der Waals surface area contributed by atoms with Crippen molar-refractivity contribution in [1.29, 1.82) is 5.26 Å². The van der Waals surface area contributed by atoms with Gasteiger partial charge in [0.05, 0.1) is 36.2 Å². The number of hydrogen-bond donors (Lipinski definition) is 2. The van der Waals surface area contributed by atoms with E-state index in [9.17, 15) is 13.6 Å². The quantitative estimate of drug-likeness (QED) is 0.519. The molecule has 0 radical (unpaired) electrons. The second-order valence-electron chi connectivity index (χ2n) is 9.31. The van der Waals surface area contributed by atoms with Crippen LogP contribution in [0.15, 0.2) is 65.7 Å². The van der Waals surface area contributed by atoms with E-state index in [1.165, 1.54) is 12.3 Å². The summed E-state index contributed by atoms with van der Waals surface area (Å²) in [5.41, 5.74) is 6.09. The molecule has 3 aliphatic heterocycles. The van der Waals surface area contributed by atoms with Crippen molar-refractivity contribution in [3.63, 3.8) is 0 Å². The second-order valence-corrected chi connectivity index (χ2v) is 9.31. The molecule has 37 heavy (non-hydrogen) atoms. The van der Waals surface area contributed by atoms with Gasteiger partial charge in [-0.05, 0) is 46.5 Å². The number of likely N-dealkylation sites (tertiary alicyclic amines) is 1. The summed E-state index contributed by atoms with van der Waals surface area (Å²) >= 11 is 0. The first-order valence-electron chi connectivity index (χ1n) is 11.8. The maximum atomic E-state index is 13.6. The number of nitriles is 1. The van der Waals surface area contributed by atoms with Crippen LogP contribution >= 0.6 is 0 Å². The Balaban J connectivity index is 1.29. The Bertz CT molecular complexity index is 1520. The van der Waals surface area contributed by atoms with Crippen molar-refractivity contribution in [3.05, 3.63) is 83.1 Å². The summed E-state index contributed by atoms with van der Waals surface area (Å²) in [6, 6.07) is 12.9. The normalized spacial score (nSPS) is 17.6. The molecule has 0 aliphatic carbocycles. The lowest BCUT2D eigenvalue weighted by Gasteiger charge is -2.16. The van der Waals surface area contributed by atoms with Crippen molar-refractivity contribution in [2.45, 2.75) is 25.4 Å². The standard InChI is InChI=1S/C27H21F2N7O/c28-27(29)5-6-36(15-27)14-16-7-19(11-31-10-16)17-1-2-18-12-33-25-24(35-25)23(22(18)8-17)26(37)34-21-4-3-20(9-30)32-13-21/h1-4,7-8,10-11,13H,5-6,12,14-15H2,(H,33,35)(H,34,37). The molecule has 2 saturated heterocycles. The Kier molecular flexibility index (Phi) is 5.50. The minimum atomic E-state index is -2.64. The molecule has 0 bridgehead atoms. The number of alkyl halides is 2. The molecule has 10 heteroatoms. The van der Waals surface area contributed by atoms with Crippen molar-refractivity contribution in [3.8, 4) is 17.2 Å². The number of halogens is 2. The molecule has 0 saturated carbocycles. The lowest BCUT2D eigenvalue weighted by atomic mass is 9.94. The molecule has 1 aromatic carbocycles. The average Bonchev–Trinajstić information content (AvgIpc) is 3.59. The Hall–Kier alpha value is -4.49. The van der Waals surface area contributed by atoms with Crippen molar-refractivity contribution in [1.82, 2.24) is 20.2 Å². The molecule has 1 amide bonds. The van der Waals surface area contributed by atoms with Crippen LogP contribution in [0.5, 0.6) is 0 Å². The summed E-state index contributed by atoms with van der Waals surface area (Å²) < 4.78 is 27.2. The summed E-state index contributed by atoms with van der Waals surface area (Å²) in [7, 11) is 0. The molecule has 2 aromatic heterocycles. The Labute approximate surface area is 211 Å². The molecule has 2 N–H and O–H groups in total. The zero-order chi connectivity index (χ0) is 25.6. The van der Waals surface area contributed by atoms with Crippen molar-refractivity contribution in [2.24, 2.45) is 4.99 Å². The van der Waals surface area contributed by atoms with Crippen LogP contribution in [0, 0.1) is 11.3 Å². The molecule has 0 spiro atoms. The van der Waals surface area contributed by atoms with E-state index in [1.54, 1.807) is 23.4 Å². The molecule has 184 valence electrons. The molecule has 2 fully saturated rings. The van der Waals surface area contributed by atoms with Crippen LogP contribution in [-0.2, 0) is 17.9 Å². The molecule has 0 atom stereocenters. The average molecular weight is 498 g/mol. The lowest BCUT2D eigenvalue weighted by molar-refractivity contribution is -0.111. The molecule has 0 unspecified atom stereocenters. The van der Waals surface area contributed by atoms with Crippen LogP contribution in [0.4, 0.5) is 14.5 Å². The maximum Gasteiger partial charge on any atom is 0.261 e. The lowest BCUT2D eigenvalue weighted by Crippen LogP contribution is -2.24. The number of hydrogen-bond acceptors (Lipinski definition) is 7. The largest absolute Gasteiger partial charge is 0.335 e. The first kappa shape index (κ1) is 22.9. The topological polar surface area (TPSA) is 116 Å². The first-order chi connectivity index (χ1) is 17.9. The van der Waals surface area contributed by atoms with Gasteiger partial charge in [-0.15, -0.1) is 0 Å². The number of aromatic nitrogens is 2. The van der Waals surface area contributed by atoms with Gasteiger partial charge in [-0.25, -0.2) is 13.8 Å². The smallest absolute Gasteiger partial charge is 0.261 e. The number of pyridine rings is 2. The summed E-state index contributed by atoms with van der Waals surface area (Å²) in [6.07, 6.45) is 4.75. The third kappa shape index (κ3) is 4.69. The molecule has 8 nitrogen and oxygen atoms in total. The zero-order valence-corrected chi connectivity index (χ0v) is 19.6. The fraction of sp³-hybridized carbons (Fsp3) is 0.222. The number of carbonyl (C=O) groups is 1. The number of carbonyl (C=O) groups excluding carboxylic acids is 1. The number of amidine groups is 1. The van der Waals surface area contributed by atoms with Gasteiger partial charge in [0, 0.05) is 37.5 Å². The van der Waals surface area contributed by atoms with E-state index in [0.717, 1.165) is 27.8 Å². The maximum absolute atomic E-state index is 13.6. The zero-order valence-electron chi connectivity index (χ0n) is 19.6. The van der Waals surface area contributed by atoms with Crippen LogP contribution in [0.1, 0.15) is 28.8 Å². The molecule has 5 heterocycles. The highest BCUT2D eigenvalue weighted by molar-refractivity contribution is 6.36. The van der Waals surface area contributed by atoms with E-state index in [-0.39, 0.29) is 24.6 Å². The monoisotopic (exact) mass is 497 g/mol. The minimum absolute atomic E-state index is 0.124. The SMILES string of the molecule is N#Cc1ccc(NC(=O)C2=C3NC3=NCc3ccc(-c4cncc(CN5CCC(F)(F)C5)c4)cc32)cn1. The Morgan fingerprint density at radius 2 is 2.05 bits per heavy atom. The predicted octanol–water partition coefficient (Wildman–Crippen LogP) is 3.72. The van der Waals surface area contributed by atoms with Gasteiger partial charge in [0.25, 0.3) is 11.8 Å². The number of rotatable bonds is 5. The number of nitrogens with one attached hydrogen (secondary N) is 2. The molecule has 6 rings (SSSR count). The molecule has 3 aliphatic rings. The summed E-state index contributed by atoms with van der Waals surface area (Å²) in [6.45, 7) is 0.940. The number of nitrogens with zero attached hydrogens (tertiary/aromatic N) is 5. The third-order valence-electron chi connectivity index (χ3n) is 6.60. The Morgan fingerprint density at radius 1 is 1.16 bits per heavy atom. The van der Waals surface area contributed by atoms with Gasteiger partial charge in [-0.2, -0.15) is 5.26 Å². The minimum Gasteiger partial charge on any atom is -0.335 e. The van der Waals surface area contributed by atoms with Crippen LogP contribution in [0.25, 0.3) is 16.7 Å². The van der Waals surface area contributed by atoms with E-state index < -0.39 is 5.92 Å². The van der Waals surface area contributed by atoms with Crippen molar-refractivity contribution in [2.75, 3.05) is 18.4 Å². The van der Waals surface area contributed by atoms with Gasteiger partial charge in [0.2, 0.25) is 0 Å². The summed E-state index contributed by atoms with van der Waals surface area (Å²) in [5, 5.41) is 14.9. The molecular formula is C27H21F2N7O. The third-order valence-corrected chi connectivity index (χ3v) is 6.60. The van der Waals surface area contributed by atoms with Crippen LogP contribution in [0.3, 0.4) is 0 Å². The first-order valence-corrected chi connectivity index (χ1v) is 11.8. The predicted molar refractivity (Wildman–Crippen MR) is 133 cm³/mol. The summed E-state index contributed by atoms with van der Waals surface area (Å²) in [4.78, 5) is 28.0. The van der Waals surface area contributed by atoms with E-state index in [4.69, 9.17) is 5.26 Å². The van der Waals surface area contributed by atoms with Crippen LogP contribution < -0.4 is 10.6 Å². The van der Waals surface area contributed by atoms with Gasteiger partial charge in [0.1, 0.15) is 11.8 Å². The van der Waals surface area contributed by atoms with Gasteiger partial charge < -0.3 is 10.6 Å². The number of anilines is 1. The fourth-order valence-electron chi connectivity index (χ4n) is 4.71. The Morgan fingerprint density at radius 3 is 2.81 bits per heavy atom. The van der Waals surface area contributed by atoms with Gasteiger partial charge in [0.15, 0.2) is 5.84 Å². The highest BCUT2D eigenvalue weighted by Gasteiger charge is 2.38. The summed E-state index contributed by atoms with van der Waals surface area (Å²) in [5.74, 6) is -2.27. The van der Waals surface area contributed by atoms with E-state index in [2.05, 4.69) is 25.6 Å². The van der Waals surface area contributed by atoms with Crippen LogP contribution in [0.2, 0.25) is 0 Å². The van der Waals surface area contributed by atoms with E-state index in [0.29, 0.717) is 42.4 Å². The van der Waals surface area contributed by atoms with E-state index in [1.807, 2.05) is 30.3 Å². The van der Waals surface area contributed by atoms with Gasteiger partial charge in [-0.1, -0.05) is 12.1 Å². The molecule has 3 aromatic rings. The van der Waals surface area contributed by atoms with Crippen LogP contribution in [-0.4, -0.2) is 45.6 Å². The number of benzene rings is 1. The second kappa shape index (κ2) is 8.87. The van der Waals surface area contributed by atoms with Gasteiger partial charge in [-0.3, -0.25) is 19.7 Å². The highest BCUT2D eigenvalue weighted by Crippen LogP contribution is 2.35.